The van der Waals surface area contributed by atoms with Gasteiger partial charge in [-0.2, -0.15) is 4.98 Å². The van der Waals surface area contributed by atoms with E-state index < -0.39 is 41.9 Å². The molecule has 1 aromatic carbocycles. The number of anilines is 1. The third-order valence-electron chi connectivity index (χ3n) is 5.39. The van der Waals surface area contributed by atoms with E-state index in [1.807, 2.05) is 35.8 Å². The molecule has 1 aromatic heterocycles. The lowest BCUT2D eigenvalue weighted by molar-refractivity contribution is -0.203. The SMILES string of the molecule is C[C@H](C(=O)OC[C@H]1O[C@@H](n2ccc(NO)nc2=O)[C@@H]2OC(C)(C)O[C@@H]21)c1ccccc1. The summed E-state index contributed by atoms with van der Waals surface area (Å²) in [6.45, 7) is 5.26. The number of benzene rings is 1. The van der Waals surface area contributed by atoms with Gasteiger partial charge >= 0.3 is 11.7 Å². The standard InChI is InChI=1S/C21H25N3O7/c1-12(13-7-5-4-6-8-13)19(25)28-11-14-16-17(31-21(2,3)30-16)18(29-14)24-10-9-15(23-27)22-20(24)26/h4-10,12,14,16-18,27H,11H2,1-3H3,(H,22,23,26)/t12-,14+,16+,17+,18+/m0/s1. The molecule has 3 heterocycles. The molecule has 2 aliphatic heterocycles. The number of nitrogens with zero attached hydrogens (tertiary/aromatic N) is 2. The molecule has 5 atom stereocenters. The molecule has 0 saturated carbocycles. The number of hydrogen-bond donors (Lipinski definition) is 2. The van der Waals surface area contributed by atoms with Gasteiger partial charge in [0.05, 0.1) is 5.92 Å². The van der Waals surface area contributed by atoms with E-state index in [-0.39, 0.29) is 18.4 Å². The van der Waals surface area contributed by atoms with Gasteiger partial charge in [-0.3, -0.25) is 20.0 Å². The smallest absolute Gasteiger partial charge is 0.351 e. The van der Waals surface area contributed by atoms with E-state index in [9.17, 15) is 9.59 Å². The summed E-state index contributed by atoms with van der Waals surface area (Å²) in [5.41, 5.74) is 2.05. The Labute approximate surface area is 178 Å². The van der Waals surface area contributed by atoms with E-state index in [0.29, 0.717) is 0 Å². The molecule has 0 aliphatic carbocycles. The molecule has 2 fully saturated rings. The van der Waals surface area contributed by atoms with Crippen LogP contribution in [-0.4, -0.2) is 51.4 Å². The van der Waals surface area contributed by atoms with Crippen molar-refractivity contribution in [2.24, 2.45) is 0 Å². The Bertz CT molecular complexity index is 994. The molecule has 0 radical (unpaired) electrons. The molecule has 0 unspecified atom stereocenters. The molecule has 0 spiro atoms. The van der Waals surface area contributed by atoms with Crippen molar-refractivity contribution >= 4 is 11.8 Å². The predicted octanol–water partition coefficient (Wildman–Crippen LogP) is 1.81. The number of esters is 1. The van der Waals surface area contributed by atoms with Crippen LogP contribution in [0.15, 0.2) is 47.4 Å². The number of nitrogens with one attached hydrogen (secondary N) is 1. The molecule has 0 amide bonds. The fraction of sp³-hybridized carbons (Fsp3) is 0.476. The highest BCUT2D eigenvalue weighted by atomic mass is 16.8. The minimum atomic E-state index is -0.888. The first kappa shape index (κ1) is 21.4. The predicted molar refractivity (Wildman–Crippen MR) is 107 cm³/mol. The van der Waals surface area contributed by atoms with Gasteiger partial charge in [-0.25, -0.2) is 4.79 Å². The summed E-state index contributed by atoms with van der Waals surface area (Å²) in [5.74, 6) is -1.69. The molecule has 0 bridgehead atoms. The number of rotatable bonds is 6. The lowest BCUT2D eigenvalue weighted by atomic mass is 10.0. The second-order valence-corrected chi connectivity index (χ2v) is 8.01. The van der Waals surface area contributed by atoms with Gasteiger partial charge < -0.3 is 18.9 Å². The van der Waals surface area contributed by atoms with Gasteiger partial charge in [0.1, 0.15) is 24.9 Å². The van der Waals surface area contributed by atoms with Crippen molar-refractivity contribution < 1.29 is 28.9 Å². The van der Waals surface area contributed by atoms with Crippen LogP contribution >= 0.6 is 0 Å². The summed E-state index contributed by atoms with van der Waals surface area (Å²) in [6, 6.07) is 10.8. The number of carbonyl (C=O) groups is 1. The van der Waals surface area contributed by atoms with E-state index in [4.69, 9.17) is 24.2 Å². The van der Waals surface area contributed by atoms with E-state index in [0.717, 1.165) is 5.56 Å². The van der Waals surface area contributed by atoms with Crippen LogP contribution in [0, 0.1) is 0 Å². The fourth-order valence-corrected chi connectivity index (χ4v) is 3.85. The Morgan fingerprint density at radius 2 is 1.97 bits per heavy atom. The number of fused-ring (bicyclic) bond motifs is 1. The van der Waals surface area contributed by atoms with E-state index in [1.165, 1.54) is 16.8 Å². The maximum Gasteiger partial charge on any atom is 0.351 e. The fourth-order valence-electron chi connectivity index (χ4n) is 3.85. The van der Waals surface area contributed by atoms with Crippen molar-refractivity contribution in [3.63, 3.8) is 0 Å². The Balaban J connectivity index is 1.49. The molecule has 2 aliphatic rings. The summed E-state index contributed by atoms with van der Waals surface area (Å²) in [4.78, 5) is 28.7. The molecule has 10 nitrogen and oxygen atoms in total. The molecule has 2 N–H and O–H groups in total. The highest BCUT2D eigenvalue weighted by Crippen LogP contribution is 2.42. The first-order valence-electron chi connectivity index (χ1n) is 10.0. The van der Waals surface area contributed by atoms with Crippen LogP contribution < -0.4 is 11.2 Å². The lowest BCUT2D eigenvalue weighted by Crippen LogP contribution is -2.34. The van der Waals surface area contributed by atoms with Crippen LogP contribution in [0.4, 0.5) is 5.82 Å². The molecule has 166 valence electrons. The topological polar surface area (TPSA) is 121 Å². The number of ether oxygens (including phenoxy) is 4. The summed E-state index contributed by atoms with van der Waals surface area (Å²) in [6.07, 6.45) is -1.16. The van der Waals surface area contributed by atoms with Gasteiger partial charge in [0.2, 0.25) is 0 Å². The average Bonchev–Trinajstić information content (AvgIpc) is 3.25. The van der Waals surface area contributed by atoms with E-state index >= 15 is 0 Å². The minimum absolute atomic E-state index is 0.0140. The number of hydrogen-bond acceptors (Lipinski definition) is 9. The average molecular weight is 431 g/mol. The van der Waals surface area contributed by atoms with Gasteiger partial charge in [-0.05, 0) is 32.4 Å². The van der Waals surface area contributed by atoms with Gasteiger partial charge in [0.15, 0.2) is 17.8 Å². The summed E-state index contributed by atoms with van der Waals surface area (Å²) >= 11 is 0. The Morgan fingerprint density at radius 1 is 1.26 bits per heavy atom. The third-order valence-corrected chi connectivity index (χ3v) is 5.39. The van der Waals surface area contributed by atoms with Crippen LogP contribution in [0.3, 0.4) is 0 Å². The summed E-state index contributed by atoms with van der Waals surface area (Å²) in [5, 5.41) is 8.94. The molecule has 4 rings (SSSR count). The highest BCUT2D eigenvalue weighted by molar-refractivity contribution is 5.77. The second kappa shape index (κ2) is 8.39. The van der Waals surface area contributed by atoms with E-state index in [2.05, 4.69) is 4.98 Å². The Hall–Kier alpha value is -2.79. The monoisotopic (exact) mass is 431 g/mol. The molecule has 2 saturated heterocycles. The van der Waals surface area contributed by atoms with E-state index in [1.54, 1.807) is 20.8 Å². The maximum absolute atomic E-state index is 12.6. The zero-order chi connectivity index (χ0) is 22.2. The maximum atomic E-state index is 12.6. The minimum Gasteiger partial charge on any atom is -0.462 e. The molecule has 2 aromatic rings. The van der Waals surface area contributed by atoms with Gasteiger partial charge in [0.25, 0.3) is 0 Å². The van der Waals surface area contributed by atoms with Gasteiger partial charge in [0, 0.05) is 6.20 Å². The zero-order valence-corrected chi connectivity index (χ0v) is 17.4. The molecule has 10 heteroatoms. The quantitative estimate of drug-likeness (QED) is 0.521. The van der Waals surface area contributed by atoms with Crippen molar-refractivity contribution in [2.45, 2.75) is 57.0 Å². The second-order valence-electron chi connectivity index (χ2n) is 8.01. The Kier molecular flexibility index (Phi) is 5.80. The van der Waals surface area contributed by atoms with Crippen LogP contribution in [0.2, 0.25) is 0 Å². The van der Waals surface area contributed by atoms with Crippen LogP contribution in [0.5, 0.6) is 0 Å². The zero-order valence-electron chi connectivity index (χ0n) is 17.4. The van der Waals surface area contributed by atoms with Crippen molar-refractivity contribution in [3.05, 3.63) is 58.6 Å². The molecule has 31 heavy (non-hydrogen) atoms. The number of aromatic nitrogens is 2. The third kappa shape index (κ3) is 4.33. The van der Waals surface area contributed by atoms with Crippen molar-refractivity contribution in [1.82, 2.24) is 9.55 Å². The molecular weight excluding hydrogens is 406 g/mol. The van der Waals surface area contributed by atoms with Crippen molar-refractivity contribution in [1.29, 1.82) is 0 Å². The van der Waals surface area contributed by atoms with Gasteiger partial charge in [-0.1, -0.05) is 30.3 Å². The first-order chi connectivity index (χ1) is 14.8. The van der Waals surface area contributed by atoms with Gasteiger partial charge in [-0.15, -0.1) is 0 Å². The normalized spacial score (nSPS) is 27.5. The summed E-state index contributed by atoms with van der Waals surface area (Å²) < 4.78 is 24.7. The first-order valence-corrected chi connectivity index (χ1v) is 10.0. The van der Waals surface area contributed by atoms with Crippen LogP contribution in [-0.2, 0) is 23.7 Å². The van der Waals surface area contributed by atoms with Crippen molar-refractivity contribution in [2.75, 3.05) is 12.1 Å². The highest BCUT2D eigenvalue weighted by Gasteiger charge is 2.56. The molecular formula is C21H25N3O7. The van der Waals surface area contributed by atoms with Crippen LogP contribution in [0.1, 0.15) is 38.5 Å². The van der Waals surface area contributed by atoms with Crippen LogP contribution in [0.25, 0.3) is 0 Å². The van der Waals surface area contributed by atoms with Crippen molar-refractivity contribution in [3.8, 4) is 0 Å². The lowest BCUT2D eigenvalue weighted by Gasteiger charge is -2.25. The Morgan fingerprint density at radius 3 is 2.65 bits per heavy atom. The number of carbonyl (C=O) groups excluding carboxylic acids is 1. The summed E-state index contributed by atoms with van der Waals surface area (Å²) in [7, 11) is 0. The largest absolute Gasteiger partial charge is 0.462 e.